The Morgan fingerprint density at radius 1 is 0.911 bits per heavy atom. The minimum atomic E-state index is -0.804. The second-order valence-corrected chi connectivity index (χ2v) is 11.5. The van der Waals surface area contributed by atoms with Crippen molar-refractivity contribution in [2.45, 2.75) is 33.2 Å². The summed E-state index contributed by atoms with van der Waals surface area (Å²) in [4.78, 5) is 52.8. The first-order chi connectivity index (χ1) is 21.4. The largest absolute Gasteiger partial charge is 0.448 e. The quantitative estimate of drug-likeness (QED) is 0.192. The third kappa shape index (κ3) is 6.64. The first kappa shape index (κ1) is 30.8. The number of aryl methyl sites for hydroxylation is 1. The lowest BCUT2D eigenvalue weighted by Crippen LogP contribution is -2.40. The molecule has 0 aliphatic rings. The summed E-state index contributed by atoms with van der Waals surface area (Å²) in [7, 11) is 1.74. The molecule has 232 valence electrons. The minimum absolute atomic E-state index is 0.00200. The van der Waals surface area contributed by atoms with E-state index in [0.717, 1.165) is 10.2 Å². The highest BCUT2D eigenvalue weighted by molar-refractivity contribution is 6.14. The number of nitrogens with zero attached hydrogens (tertiary/aromatic N) is 3. The van der Waals surface area contributed by atoms with Gasteiger partial charge in [0.2, 0.25) is 0 Å². The van der Waals surface area contributed by atoms with Crippen molar-refractivity contribution in [2.24, 2.45) is 13.0 Å². The maximum Gasteiger partial charge on any atom is 0.435 e. The Hall–Kier alpha value is -5.65. The summed E-state index contributed by atoms with van der Waals surface area (Å²) in [6, 6.07) is 20.7. The van der Waals surface area contributed by atoms with Crippen molar-refractivity contribution < 1.29 is 28.3 Å². The Balaban J connectivity index is 1.46. The average molecular weight is 611 g/mol. The second-order valence-electron chi connectivity index (χ2n) is 11.5. The van der Waals surface area contributed by atoms with Crippen LogP contribution in [0, 0.1) is 5.92 Å². The number of hydrogen-bond donors (Lipinski definition) is 3. The van der Waals surface area contributed by atoms with Crippen molar-refractivity contribution in [3.05, 3.63) is 102 Å². The molecule has 2 aromatic carbocycles. The molecule has 0 aliphatic carbocycles. The van der Waals surface area contributed by atoms with Crippen LogP contribution in [0.25, 0.3) is 11.1 Å². The summed E-state index contributed by atoms with van der Waals surface area (Å²) < 4.78 is 13.9. The van der Waals surface area contributed by atoms with Crippen LogP contribution in [0.2, 0.25) is 0 Å². The van der Waals surface area contributed by atoms with Gasteiger partial charge in [-0.05, 0) is 49.6 Å². The minimum Gasteiger partial charge on any atom is -0.448 e. The molecule has 0 atom stereocenters. The van der Waals surface area contributed by atoms with Gasteiger partial charge >= 0.3 is 6.09 Å². The molecule has 12 nitrogen and oxygen atoms in total. The first-order valence-electron chi connectivity index (χ1n) is 14.4. The van der Waals surface area contributed by atoms with Gasteiger partial charge in [-0.3, -0.25) is 14.4 Å². The molecule has 0 fully saturated rings. The monoisotopic (exact) mass is 610 g/mol. The van der Waals surface area contributed by atoms with E-state index in [9.17, 15) is 19.2 Å². The number of anilines is 2. The molecule has 12 heteroatoms. The van der Waals surface area contributed by atoms with E-state index in [0.29, 0.717) is 5.69 Å². The zero-order valence-corrected chi connectivity index (χ0v) is 25.6. The molecule has 5 rings (SSSR count). The molecule has 3 N–H and O–H groups in total. The SMILES string of the molecule is CC(C)COC(=O)n1nc(NC(=O)c2ccccc2NC(=O)c2cccn2C)c2oc(C(=O)NC(C)(C)c3ccccc3)cc21. The highest BCUT2D eigenvalue weighted by Crippen LogP contribution is 2.29. The topological polar surface area (TPSA) is 149 Å². The van der Waals surface area contributed by atoms with Gasteiger partial charge in [0.25, 0.3) is 17.7 Å². The fourth-order valence-electron chi connectivity index (χ4n) is 4.66. The molecule has 5 aromatic rings. The van der Waals surface area contributed by atoms with Gasteiger partial charge in [-0.1, -0.05) is 56.3 Å². The normalized spacial score (nSPS) is 11.4. The van der Waals surface area contributed by atoms with Gasteiger partial charge in [-0.15, -0.1) is 5.10 Å². The van der Waals surface area contributed by atoms with Gasteiger partial charge in [0.05, 0.1) is 23.4 Å². The summed E-state index contributed by atoms with van der Waals surface area (Å²) in [5.74, 6) is -1.71. The van der Waals surface area contributed by atoms with Crippen LogP contribution >= 0.6 is 0 Å². The Morgan fingerprint density at radius 3 is 2.31 bits per heavy atom. The van der Waals surface area contributed by atoms with Gasteiger partial charge in [0, 0.05) is 19.3 Å². The van der Waals surface area contributed by atoms with Crippen molar-refractivity contribution in [2.75, 3.05) is 17.2 Å². The second kappa shape index (κ2) is 12.5. The van der Waals surface area contributed by atoms with Crippen LogP contribution in [0.15, 0.2) is 83.4 Å². The zero-order valence-electron chi connectivity index (χ0n) is 25.6. The predicted molar refractivity (Wildman–Crippen MR) is 168 cm³/mol. The van der Waals surface area contributed by atoms with Gasteiger partial charge in [-0.2, -0.15) is 4.68 Å². The number of carbonyl (C=O) groups is 4. The summed E-state index contributed by atoms with van der Waals surface area (Å²) in [5, 5.41) is 12.6. The van der Waals surface area contributed by atoms with E-state index in [-0.39, 0.29) is 46.5 Å². The van der Waals surface area contributed by atoms with E-state index >= 15 is 0 Å². The number of para-hydroxylation sites is 1. The lowest BCUT2D eigenvalue weighted by Gasteiger charge is -2.26. The van der Waals surface area contributed by atoms with Gasteiger partial charge in [-0.25, -0.2) is 4.79 Å². The van der Waals surface area contributed by atoms with Crippen LogP contribution in [0.1, 0.15) is 64.7 Å². The van der Waals surface area contributed by atoms with Gasteiger partial charge < -0.3 is 29.7 Å². The van der Waals surface area contributed by atoms with Crippen LogP contribution in [0.3, 0.4) is 0 Å². The number of rotatable bonds is 9. The van der Waals surface area contributed by atoms with Crippen molar-refractivity contribution in [1.82, 2.24) is 19.7 Å². The molecule has 0 unspecified atom stereocenters. The standard InChI is InChI=1S/C33H34N6O6/c1-20(2)19-44-32(43)39-25-18-26(31(42)36-33(3,4)21-12-7-6-8-13-21)45-27(25)28(37-39)35-29(40)22-14-9-10-15-23(22)34-30(41)24-16-11-17-38(24)5/h6-18,20H,19H2,1-5H3,(H,34,41)(H,36,42)(H,35,37,40). The van der Waals surface area contributed by atoms with Crippen LogP contribution in [0.5, 0.6) is 0 Å². The van der Waals surface area contributed by atoms with Crippen LogP contribution in [-0.2, 0) is 17.3 Å². The number of hydrogen-bond acceptors (Lipinski definition) is 7. The van der Waals surface area contributed by atoms with Crippen LogP contribution in [0.4, 0.5) is 16.3 Å². The Labute approximate surface area is 259 Å². The highest BCUT2D eigenvalue weighted by atomic mass is 16.6. The smallest absolute Gasteiger partial charge is 0.435 e. The van der Waals surface area contributed by atoms with Crippen molar-refractivity contribution >= 4 is 46.4 Å². The third-order valence-corrected chi connectivity index (χ3v) is 7.04. The summed E-state index contributed by atoms with van der Waals surface area (Å²) in [5.41, 5.74) is 1.07. The maximum atomic E-state index is 13.5. The van der Waals surface area contributed by atoms with Crippen LogP contribution < -0.4 is 16.0 Å². The molecule has 0 spiro atoms. The molecule has 3 aromatic heterocycles. The number of benzene rings is 2. The van der Waals surface area contributed by atoms with Gasteiger partial charge in [0.1, 0.15) is 11.2 Å². The van der Waals surface area contributed by atoms with E-state index in [1.54, 1.807) is 48.1 Å². The summed E-state index contributed by atoms with van der Waals surface area (Å²) in [6.07, 6.45) is 0.934. The van der Waals surface area contributed by atoms with E-state index in [4.69, 9.17) is 9.15 Å². The lowest BCUT2D eigenvalue weighted by molar-refractivity contribution is 0.0884. The number of ether oxygens (including phenoxy) is 1. The van der Waals surface area contributed by atoms with Crippen molar-refractivity contribution in [1.29, 1.82) is 0 Å². The number of nitrogens with one attached hydrogen (secondary N) is 3. The average Bonchev–Trinajstić information content (AvgIpc) is 3.72. The lowest BCUT2D eigenvalue weighted by atomic mass is 9.94. The number of furan rings is 1. The molecular formula is C33H34N6O6. The zero-order chi connectivity index (χ0) is 32.3. The Morgan fingerprint density at radius 2 is 1.62 bits per heavy atom. The molecule has 0 saturated heterocycles. The molecule has 3 heterocycles. The predicted octanol–water partition coefficient (Wildman–Crippen LogP) is 5.78. The first-order valence-corrected chi connectivity index (χ1v) is 14.4. The van der Waals surface area contributed by atoms with E-state index in [1.807, 2.05) is 58.0 Å². The van der Waals surface area contributed by atoms with Crippen LogP contribution in [-0.4, -0.2) is 44.8 Å². The number of fused-ring (bicyclic) bond motifs is 1. The molecule has 0 saturated carbocycles. The number of carbonyl (C=O) groups excluding carboxylic acids is 4. The van der Waals surface area contributed by atoms with Gasteiger partial charge in [0.15, 0.2) is 17.2 Å². The number of amides is 3. The molecule has 0 radical (unpaired) electrons. The fourth-order valence-corrected chi connectivity index (χ4v) is 4.66. The van der Waals surface area contributed by atoms with Crippen molar-refractivity contribution in [3.8, 4) is 0 Å². The molecule has 0 bridgehead atoms. The molecular weight excluding hydrogens is 576 g/mol. The molecule has 3 amide bonds. The highest BCUT2D eigenvalue weighted by Gasteiger charge is 2.29. The number of aromatic nitrogens is 3. The van der Waals surface area contributed by atoms with E-state index in [1.165, 1.54) is 12.1 Å². The van der Waals surface area contributed by atoms with E-state index < -0.39 is 29.4 Å². The maximum absolute atomic E-state index is 13.5. The summed E-state index contributed by atoms with van der Waals surface area (Å²) in [6.45, 7) is 7.62. The Kier molecular flexibility index (Phi) is 8.57. The third-order valence-electron chi connectivity index (χ3n) is 7.04. The van der Waals surface area contributed by atoms with E-state index in [2.05, 4.69) is 21.0 Å². The molecule has 0 aliphatic heterocycles. The fraction of sp³-hybridized carbons (Fsp3) is 0.242. The Bertz CT molecular complexity index is 1880. The molecule has 45 heavy (non-hydrogen) atoms. The van der Waals surface area contributed by atoms with Crippen molar-refractivity contribution in [3.63, 3.8) is 0 Å². The summed E-state index contributed by atoms with van der Waals surface area (Å²) >= 11 is 0.